The Kier molecular flexibility index (Phi) is 3.05. The van der Waals surface area contributed by atoms with Gasteiger partial charge in [-0.3, -0.25) is 4.90 Å². The molecule has 0 radical (unpaired) electrons. The number of likely N-dealkylation sites (tertiary alicyclic amines) is 1. The van der Waals surface area contributed by atoms with E-state index in [1.54, 1.807) is 0 Å². The van der Waals surface area contributed by atoms with Crippen molar-refractivity contribution >= 4 is 0 Å². The Morgan fingerprint density at radius 1 is 1.15 bits per heavy atom. The summed E-state index contributed by atoms with van der Waals surface area (Å²) in [4.78, 5) is 2.64. The zero-order chi connectivity index (χ0) is 9.10. The minimum absolute atomic E-state index is 0.903. The van der Waals surface area contributed by atoms with Crippen LogP contribution in [-0.4, -0.2) is 24.0 Å². The largest absolute Gasteiger partial charge is 0.296 e. The van der Waals surface area contributed by atoms with Gasteiger partial charge in [-0.15, -0.1) is 6.58 Å². The zero-order valence-electron chi connectivity index (χ0n) is 8.54. The Hall–Kier alpha value is -0.300. The molecule has 1 saturated carbocycles. The molecule has 2 fully saturated rings. The highest BCUT2D eigenvalue weighted by Crippen LogP contribution is 2.35. The summed E-state index contributed by atoms with van der Waals surface area (Å²) in [7, 11) is 0. The van der Waals surface area contributed by atoms with Crippen molar-refractivity contribution in [3.05, 3.63) is 12.7 Å². The van der Waals surface area contributed by atoms with Crippen molar-refractivity contribution in [3.63, 3.8) is 0 Å². The first-order chi connectivity index (χ1) is 6.42. The molecule has 0 amide bonds. The summed E-state index contributed by atoms with van der Waals surface area (Å²) in [5.41, 5.74) is 0. The van der Waals surface area contributed by atoms with Gasteiger partial charge >= 0.3 is 0 Å². The van der Waals surface area contributed by atoms with Gasteiger partial charge in [-0.2, -0.15) is 0 Å². The first-order valence-electron chi connectivity index (χ1n) is 5.77. The standard InChI is InChI=1S/C12H21N/c1-2-9-13-10-5-8-12(13)11-6-3-4-7-11/h2,11-12H,1,3-10H2. The lowest BCUT2D eigenvalue weighted by molar-refractivity contribution is 0.209. The maximum atomic E-state index is 3.84. The molecule has 0 spiro atoms. The highest BCUT2D eigenvalue weighted by molar-refractivity contribution is 4.90. The van der Waals surface area contributed by atoms with Crippen molar-refractivity contribution in [2.24, 2.45) is 5.92 Å². The van der Waals surface area contributed by atoms with Gasteiger partial charge in [0, 0.05) is 12.6 Å². The molecular formula is C12H21N. The molecule has 0 aromatic carbocycles. The van der Waals surface area contributed by atoms with E-state index in [2.05, 4.69) is 17.6 Å². The minimum Gasteiger partial charge on any atom is -0.296 e. The third-order valence-electron chi connectivity index (χ3n) is 3.72. The molecule has 1 aliphatic heterocycles. The molecule has 0 bridgehead atoms. The summed E-state index contributed by atoms with van der Waals surface area (Å²) >= 11 is 0. The van der Waals surface area contributed by atoms with Crippen LogP contribution in [0, 0.1) is 5.92 Å². The summed E-state index contributed by atoms with van der Waals surface area (Å²) in [6, 6.07) is 0.903. The molecule has 13 heavy (non-hydrogen) atoms. The van der Waals surface area contributed by atoms with Crippen LogP contribution in [0.1, 0.15) is 38.5 Å². The average molecular weight is 179 g/mol. The van der Waals surface area contributed by atoms with Gasteiger partial charge < -0.3 is 0 Å². The number of hydrogen-bond acceptors (Lipinski definition) is 1. The highest BCUT2D eigenvalue weighted by Gasteiger charge is 2.32. The molecule has 2 rings (SSSR count). The van der Waals surface area contributed by atoms with Crippen molar-refractivity contribution in [1.82, 2.24) is 4.90 Å². The van der Waals surface area contributed by atoms with Crippen LogP contribution in [0.4, 0.5) is 0 Å². The van der Waals surface area contributed by atoms with Crippen LogP contribution in [0.15, 0.2) is 12.7 Å². The fourth-order valence-corrected chi connectivity index (χ4v) is 3.12. The topological polar surface area (TPSA) is 3.24 Å². The third-order valence-corrected chi connectivity index (χ3v) is 3.72. The van der Waals surface area contributed by atoms with Crippen LogP contribution in [0.3, 0.4) is 0 Å². The lowest BCUT2D eigenvalue weighted by Crippen LogP contribution is -2.34. The van der Waals surface area contributed by atoms with Gasteiger partial charge in [0.25, 0.3) is 0 Å². The Balaban J connectivity index is 1.91. The molecule has 0 aromatic heterocycles. The van der Waals surface area contributed by atoms with Crippen molar-refractivity contribution in [1.29, 1.82) is 0 Å². The summed E-state index contributed by atoms with van der Waals surface area (Å²) in [6.45, 7) is 6.27. The maximum Gasteiger partial charge on any atom is 0.0163 e. The Morgan fingerprint density at radius 2 is 1.92 bits per heavy atom. The van der Waals surface area contributed by atoms with Crippen LogP contribution < -0.4 is 0 Å². The number of rotatable bonds is 3. The lowest BCUT2D eigenvalue weighted by atomic mass is 9.96. The quantitative estimate of drug-likeness (QED) is 0.602. The molecule has 1 nitrogen and oxygen atoms in total. The Morgan fingerprint density at radius 3 is 2.62 bits per heavy atom. The van der Waals surface area contributed by atoms with Crippen molar-refractivity contribution in [2.45, 2.75) is 44.6 Å². The maximum absolute atomic E-state index is 3.84. The van der Waals surface area contributed by atoms with E-state index in [1.165, 1.54) is 45.1 Å². The summed E-state index contributed by atoms with van der Waals surface area (Å²) < 4.78 is 0. The van der Waals surface area contributed by atoms with E-state index in [0.717, 1.165) is 18.5 Å². The molecule has 1 aliphatic carbocycles. The van der Waals surface area contributed by atoms with Crippen LogP contribution in [0.25, 0.3) is 0 Å². The van der Waals surface area contributed by atoms with Crippen LogP contribution in [0.2, 0.25) is 0 Å². The molecule has 2 aliphatic rings. The van der Waals surface area contributed by atoms with E-state index < -0.39 is 0 Å². The second-order valence-electron chi connectivity index (χ2n) is 4.54. The summed E-state index contributed by atoms with van der Waals surface area (Å²) in [5, 5.41) is 0. The molecule has 1 saturated heterocycles. The Bertz CT molecular complexity index is 170. The van der Waals surface area contributed by atoms with Crippen molar-refractivity contribution in [2.75, 3.05) is 13.1 Å². The zero-order valence-corrected chi connectivity index (χ0v) is 8.54. The third kappa shape index (κ3) is 1.96. The molecule has 74 valence electrons. The van der Waals surface area contributed by atoms with Gasteiger partial charge in [0.15, 0.2) is 0 Å². The monoisotopic (exact) mass is 179 g/mol. The van der Waals surface area contributed by atoms with Crippen molar-refractivity contribution < 1.29 is 0 Å². The van der Waals surface area contributed by atoms with Gasteiger partial charge in [-0.1, -0.05) is 18.9 Å². The van der Waals surface area contributed by atoms with E-state index in [4.69, 9.17) is 0 Å². The van der Waals surface area contributed by atoms with Crippen LogP contribution in [0.5, 0.6) is 0 Å². The molecule has 0 aromatic rings. The van der Waals surface area contributed by atoms with Gasteiger partial charge in [0.2, 0.25) is 0 Å². The van der Waals surface area contributed by atoms with Gasteiger partial charge in [0.05, 0.1) is 0 Å². The fourth-order valence-electron chi connectivity index (χ4n) is 3.12. The van der Waals surface area contributed by atoms with Crippen LogP contribution in [-0.2, 0) is 0 Å². The molecule has 1 heterocycles. The van der Waals surface area contributed by atoms with Gasteiger partial charge in [-0.05, 0) is 38.1 Å². The average Bonchev–Trinajstić information content (AvgIpc) is 2.71. The highest BCUT2D eigenvalue weighted by atomic mass is 15.2. The van der Waals surface area contributed by atoms with E-state index in [9.17, 15) is 0 Å². The smallest absolute Gasteiger partial charge is 0.0163 e. The van der Waals surface area contributed by atoms with Gasteiger partial charge in [0.1, 0.15) is 0 Å². The molecule has 0 N–H and O–H groups in total. The molecular weight excluding hydrogens is 158 g/mol. The second kappa shape index (κ2) is 4.28. The lowest BCUT2D eigenvalue weighted by Gasteiger charge is -2.28. The van der Waals surface area contributed by atoms with Crippen LogP contribution >= 0.6 is 0 Å². The minimum atomic E-state index is 0.903. The first-order valence-corrected chi connectivity index (χ1v) is 5.77. The van der Waals surface area contributed by atoms with Gasteiger partial charge in [-0.25, -0.2) is 0 Å². The Labute approximate surface area is 81.8 Å². The number of nitrogens with zero attached hydrogens (tertiary/aromatic N) is 1. The predicted molar refractivity (Wildman–Crippen MR) is 56.8 cm³/mol. The molecule has 1 unspecified atom stereocenters. The predicted octanol–water partition coefficient (Wildman–Crippen LogP) is 2.83. The normalized spacial score (nSPS) is 31.2. The molecule has 1 heteroatoms. The fraction of sp³-hybridized carbons (Fsp3) is 0.833. The van der Waals surface area contributed by atoms with E-state index >= 15 is 0 Å². The SMILES string of the molecule is C=CCN1CCCC1C1CCCC1. The number of hydrogen-bond donors (Lipinski definition) is 0. The van der Waals surface area contributed by atoms with Crippen molar-refractivity contribution in [3.8, 4) is 0 Å². The second-order valence-corrected chi connectivity index (χ2v) is 4.54. The molecule has 1 atom stereocenters. The summed E-state index contributed by atoms with van der Waals surface area (Å²) in [6.07, 6.45) is 10.8. The van der Waals surface area contributed by atoms with E-state index in [-0.39, 0.29) is 0 Å². The first kappa shape index (κ1) is 9.26. The van der Waals surface area contributed by atoms with E-state index in [1.807, 2.05) is 0 Å². The van der Waals surface area contributed by atoms with E-state index in [0.29, 0.717) is 0 Å². The summed E-state index contributed by atoms with van der Waals surface area (Å²) in [5.74, 6) is 1.02.